The van der Waals surface area contributed by atoms with Gasteiger partial charge in [0.05, 0.1) is 6.54 Å². The van der Waals surface area contributed by atoms with Gasteiger partial charge < -0.3 is 15.5 Å². The van der Waals surface area contributed by atoms with Crippen LogP contribution in [0, 0.1) is 6.92 Å². The van der Waals surface area contributed by atoms with Crippen molar-refractivity contribution in [1.82, 2.24) is 15.1 Å². The van der Waals surface area contributed by atoms with E-state index in [-0.39, 0.29) is 18.4 Å². The van der Waals surface area contributed by atoms with Crippen molar-refractivity contribution in [2.45, 2.75) is 12.5 Å². The maximum atomic E-state index is 13.3. The lowest BCUT2D eigenvalue weighted by Gasteiger charge is -2.34. The molecule has 1 atom stereocenters. The SMILES string of the molecule is Cc1cc2c(cc1Cl)C(NC(=O)CN1CCN(C)CC1)(c1ccc(Cl)cc1)C(=O)N2. The van der Waals surface area contributed by atoms with Crippen LogP contribution in [0.2, 0.25) is 10.0 Å². The first-order valence-corrected chi connectivity index (χ1v) is 10.7. The summed E-state index contributed by atoms with van der Waals surface area (Å²) in [6.07, 6.45) is 0. The molecule has 2 aromatic rings. The predicted octanol–water partition coefficient (Wildman–Crippen LogP) is 2.86. The molecule has 158 valence electrons. The Hall–Kier alpha value is -2.12. The number of hydrogen-bond donors (Lipinski definition) is 2. The lowest BCUT2D eigenvalue weighted by atomic mass is 9.83. The molecule has 0 saturated carbocycles. The molecule has 6 nitrogen and oxygen atoms in total. The number of hydrogen-bond acceptors (Lipinski definition) is 4. The number of amides is 2. The third kappa shape index (κ3) is 3.81. The van der Waals surface area contributed by atoms with Crippen LogP contribution in [0.4, 0.5) is 5.69 Å². The highest BCUT2D eigenvalue weighted by Gasteiger charge is 2.50. The zero-order chi connectivity index (χ0) is 21.5. The number of rotatable bonds is 4. The fourth-order valence-corrected chi connectivity index (χ4v) is 4.36. The van der Waals surface area contributed by atoms with Crippen LogP contribution >= 0.6 is 23.2 Å². The molecule has 8 heteroatoms. The summed E-state index contributed by atoms with van der Waals surface area (Å²) in [4.78, 5) is 30.7. The monoisotopic (exact) mass is 446 g/mol. The molecule has 0 aliphatic carbocycles. The average molecular weight is 447 g/mol. The van der Waals surface area contributed by atoms with Crippen molar-refractivity contribution in [3.05, 3.63) is 63.1 Å². The van der Waals surface area contributed by atoms with E-state index in [0.717, 1.165) is 31.7 Å². The maximum Gasteiger partial charge on any atom is 0.259 e. The molecule has 1 fully saturated rings. The molecular weight excluding hydrogens is 423 g/mol. The lowest BCUT2D eigenvalue weighted by Crippen LogP contribution is -2.55. The van der Waals surface area contributed by atoms with Crippen molar-refractivity contribution in [1.29, 1.82) is 0 Å². The Morgan fingerprint density at radius 1 is 1.13 bits per heavy atom. The van der Waals surface area contributed by atoms with E-state index in [1.165, 1.54) is 0 Å². The lowest BCUT2D eigenvalue weighted by molar-refractivity contribution is -0.129. The number of piperazine rings is 1. The van der Waals surface area contributed by atoms with E-state index in [4.69, 9.17) is 23.2 Å². The number of carbonyl (C=O) groups excluding carboxylic acids is 2. The fraction of sp³-hybridized carbons (Fsp3) is 0.364. The normalized spacial score (nSPS) is 21.9. The number of nitrogens with one attached hydrogen (secondary N) is 2. The smallest absolute Gasteiger partial charge is 0.259 e. The third-order valence-corrected chi connectivity index (χ3v) is 6.52. The second-order valence-electron chi connectivity index (χ2n) is 7.99. The first-order valence-electron chi connectivity index (χ1n) is 9.89. The second-order valence-corrected chi connectivity index (χ2v) is 8.83. The van der Waals surface area contributed by atoms with Crippen molar-refractivity contribution in [2.75, 3.05) is 45.1 Å². The standard InChI is InChI=1S/C22H24Cl2N4O2/c1-14-11-19-17(12-18(14)24)22(21(30)25-19,15-3-5-16(23)6-4-15)26-20(29)13-28-9-7-27(2)8-10-28/h3-6,11-12H,7-10,13H2,1-2H3,(H,25,30)(H,26,29). The van der Waals surface area contributed by atoms with Gasteiger partial charge in [0, 0.05) is 47.5 Å². The number of benzene rings is 2. The van der Waals surface area contributed by atoms with Crippen LogP contribution in [0.1, 0.15) is 16.7 Å². The molecule has 0 aromatic heterocycles. The van der Waals surface area contributed by atoms with Gasteiger partial charge in [0.25, 0.3) is 5.91 Å². The van der Waals surface area contributed by atoms with E-state index in [1.54, 1.807) is 30.3 Å². The van der Waals surface area contributed by atoms with E-state index >= 15 is 0 Å². The minimum atomic E-state index is -1.36. The van der Waals surface area contributed by atoms with Gasteiger partial charge in [-0.3, -0.25) is 14.5 Å². The molecule has 2 N–H and O–H groups in total. The van der Waals surface area contributed by atoms with E-state index in [1.807, 2.05) is 13.0 Å². The molecule has 2 heterocycles. The van der Waals surface area contributed by atoms with Gasteiger partial charge in [-0.15, -0.1) is 0 Å². The van der Waals surface area contributed by atoms with Gasteiger partial charge in [-0.1, -0.05) is 35.3 Å². The summed E-state index contributed by atoms with van der Waals surface area (Å²) in [5, 5.41) is 7.04. The van der Waals surface area contributed by atoms with Gasteiger partial charge in [-0.2, -0.15) is 0 Å². The summed E-state index contributed by atoms with van der Waals surface area (Å²) < 4.78 is 0. The van der Waals surface area contributed by atoms with E-state index < -0.39 is 5.54 Å². The molecule has 4 rings (SSSR count). The molecule has 2 aliphatic heterocycles. The number of anilines is 1. The number of carbonyl (C=O) groups is 2. The Balaban J connectivity index is 1.71. The van der Waals surface area contributed by atoms with Gasteiger partial charge >= 0.3 is 0 Å². The fourth-order valence-electron chi connectivity index (χ4n) is 4.07. The van der Waals surface area contributed by atoms with Crippen LogP contribution in [-0.4, -0.2) is 61.4 Å². The summed E-state index contributed by atoms with van der Waals surface area (Å²) in [5.41, 5.74) is 1.41. The van der Waals surface area contributed by atoms with Gasteiger partial charge in [0.1, 0.15) is 0 Å². The van der Waals surface area contributed by atoms with Crippen LogP contribution < -0.4 is 10.6 Å². The molecule has 0 radical (unpaired) electrons. The predicted molar refractivity (Wildman–Crippen MR) is 119 cm³/mol. The highest BCUT2D eigenvalue weighted by molar-refractivity contribution is 6.32. The molecule has 0 spiro atoms. The summed E-state index contributed by atoms with van der Waals surface area (Å²) in [5.74, 6) is -0.526. The summed E-state index contributed by atoms with van der Waals surface area (Å²) in [6.45, 7) is 5.55. The Morgan fingerprint density at radius 2 is 1.80 bits per heavy atom. The van der Waals surface area contributed by atoms with Crippen molar-refractivity contribution >= 4 is 40.7 Å². The van der Waals surface area contributed by atoms with Gasteiger partial charge in [-0.25, -0.2) is 0 Å². The molecule has 1 saturated heterocycles. The molecule has 2 amide bonds. The van der Waals surface area contributed by atoms with Gasteiger partial charge in [0.15, 0.2) is 5.54 Å². The molecule has 1 unspecified atom stereocenters. The van der Waals surface area contributed by atoms with Crippen LogP contribution in [0.3, 0.4) is 0 Å². The summed E-state index contributed by atoms with van der Waals surface area (Å²) >= 11 is 12.5. The van der Waals surface area contributed by atoms with Crippen molar-refractivity contribution in [2.24, 2.45) is 0 Å². The van der Waals surface area contributed by atoms with Crippen LogP contribution in [0.25, 0.3) is 0 Å². The average Bonchev–Trinajstić information content (AvgIpc) is 2.96. The number of likely N-dealkylation sites (N-methyl/N-ethyl adjacent to an activating group) is 1. The molecule has 2 aromatic carbocycles. The van der Waals surface area contributed by atoms with Crippen molar-refractivity contribution < 1.29 is 9.59 Å². The second kappa shape index (κ2) is 8.19. The number of fused-ring (bicyclic) bond motifs is 1. The van der Waals surface area contributed by atoms with Gasteiger partial charge in [-0.05, 0) is 49.4 Å². The summed E-state index contributed by atoms with van der Waals surface area (Å²) in [6, 6.07) is 10.6. The highest BCUT2D eigenvalue weighted by Crippen LogP contribution is 2.43. The zero-order valence-electron chi connectivity index (χ0n) is 17.0. The quantitative estimate of drug-likeness (QED) is 0.757. The van der Waals surface area contributed by atoms with E-state index in [2.05, 4.69) is 27.5 Å². The molecule has 0 bridgehead atoms. The topological polar surface area (TPSA) is 64.7 Å². The minimum absolute atomic E-state index is 0.214. The molecule has 30 heavy (non-hydrogen) atoms. The summed E-state index contributed by atoms with van der Waals surface area (Å²) in [7, 11) is 2.07. The number of nitrogens with zero attached hydrogens (tertiary/aromatic N) is 2. The molecule has 2 aliphatic rings. The zero-order valence-corrected chi connectivity index (χ0v) is 18.5. The number of halogens is 2. The van der Waals surface area contributed by atoms with Crippen molar-refractivity contribution in [3.8, 4) is 0 Å². The first kappa shape index (κ1) is 21.1. The van der Waals surface area contributed by atoms with Crippen LogP contribution in [0.5, 0.6) is 0 Å². The van der Waals surface area contributed by atoms with Crippen LogP contribution in [0.15, 0.2) is 36.4 Å². The van der Waals surface area contributed by atoms with E-state index in [9.17, 15) is 9.59 Å². The van der Waals surface area contributed by atoms with E-state index in [0.29, 0.717) is 26.9 Å². The third-order valence-electron chi connectivity index (χ3n) is 5.86. The Labute approximate surface area is 186 Å². The minimum Gasteiger partial charge on any atom is -0.333 e. The van der Waals surface area contributed by atoms with Crippen molar-refractivity contribution in [3.63, 3.8) is 0 Å². The Kier molecular flexibility index (Phi) is 5.77. The van der Waals surface area contributed by atoms with Crippen LogP contribution in [-0.2, 0) is 15.1 Å². The van der Waals surface area contributed by atoms with Gasteiger partial charge in [0.2, 0.25) is 5.91 Å². The Morgan fingerprint density at radius 3 is 2.47 bits per heavy atom. The largest absolute Gasteiger partial charge is 0.333 e. The highest BCUT2D eigenvalue weighted by atomic mass is 35.5. The maximum absolute atomic E-state index is 13.3. The molecular formula is C22H24Cl2N4O2. The number of aryl methyl sites for hydroxylation is 1. The Bertz CT molecular complexity index is 987. The first-order chi connectivity index (χ1) is 14.3.